The van der Waals surface area contributed by atoms with Crippen molar-refractivity contribution in [2.24, 2.45) is 7.05 Å². The Morgan fingerprint density at radius 3 is 2.55 bits per heavy atom. The van der Waals surface area contributed by atoms with Gasteiger partial charge >= 0.3 is 0 Å². The third kappa shape index (κ3) is 3.47. The fourth-order valence-corrected chi connectivity index (χ4v) is 3.93. The minimum Gasteiger partial charge on any atom is -0.486 e. The van der Waals surface area contributed by atoms with Crippen molar-refractivity contribution in [3.8, 4) is 22.8 Å². The Bertz CT molecular complexity index is 1320. The molecule has 0 atom stereocenters. The number of ether oxygens (including phenoxy) is 2. The number of carbonyl (C=O) groups excluding carboxylic acids is 1. The fourth-order valence-electron chi connectivity index (χ4n) is 3.73. The molecule has 2 aromatic carbocycles. The highest BCUT2D eigenvalue weighted by Gasteiger charge is 2.21. The van der Waals surface area contributed by atoms with Crippen molar-refractivity contribution in [3.63, 3.8) is 0 Å². The molecule has 1 aliphatic heterocycles. The molecule has 31 heavy (non-hydrogen) atoms. The second kappa shape index (κ2) is 7.59. The van der Waals surface area contributed by atoms with Crippen molar-refractivity contribution in [2.75, 3.05) is 18.5 Å². The number of fused-ring (bicyclic) bond motifs is 2. The summed E-state index contributed by atoms with van der Waals surface area (Å²) in [7, 11) is 1.82. The van der Waals surface area contributed by atoms with Crippen LogP contribution in [0.2, 0.25) is 5.02 Å². The number of hydrogen-bond acceptors (Lipinski definition) is 5. The van der Waals surface area contributed by atoms with Gasteiger partial charge in [-0.15, -0.1) is 0 Å². The van der Waals surface area contributed by atoms with Crippen LogP contribution in [-0.2, 0) is 7.05 Å². The first-order valence-electron chi connectivity index (χ1n) is 9.81. The predicted molar refractivity (Wildman–Crippen MR) is 119 cm³/mol. The summed E-state index contributed by atoms with van der Waals surface area (Å²) in [5.74, 6) is 0.808. The molecule has 0 bridgehead atoms. The highest BCUT2D eigenvalue weighted by Crippen LogP contribution is 2.38. The Morgan fingerprint density at radius 1 is 1.10 bits per heavy atom. The van der Waals surface area contributed by atoms with E-state index in [-0.39, 0.29) is 5.91 Å². The number of halogens is 1. The zero-order chi connectivity index (χ0) is 21.5. The molecule has 4 aromatic rings. The number of nitrogens with zero attached hydrogens (tertiary/aromatic N) is 3. The van der Waals surface area contributed by atoms with Crippen molar-refractivity contribution < 1.29 is 14.3 Å². The van der Waals surface area contributed by atoms with Gasteiger partial charge in [0.25, 0.3) is 5.91 Å². The molecule has 156 valence electrons. The largest absolute Gasteiger partial charge is 0.486 e. The molecule has 3 heterocycles. The SMILES string of the molecule is Cc1nn(C)c2nc(-c3ccccc3)cc(C(=O)Nc3cc4c(cc3Cl)OCCO4)c12. The van der Waals surface area contributed by atoms with Crippen molar-refractivity contribution >= 4 is 34.2 Å². The minimum absolute atomic E-state index is 0.306. The number of amides is 1. The van der Waals surface area contributed by atoms with Crippen molar-refractivity contribution in [1.82, 2.24) is 14.8 Å². The van der Waals surface area contributed by atoms with Gasteiger partial charge in [0.15, 0.2) is 17.1 Å². The molecule has 0 aliphatic carbocycles. The molecule has 2 aromatic heterocycles. The summed E-state index contributed by atoms with van der Waals surface area (Å²) < 4.78 is 12.9. The Labute approximate surface area is 183 Å². The van der Waals surface area contributed by atoms with Crippen LogP contribution in [0.25, 0.3) is 22.3 Å². The number of hydrogen-bond donors (Lipinski definition) is 1. The number of aryl methyl sites for hydroxylation is 2. The maximum Gasteiger partial charge on any atom is 0.256 e. The topological polar surface area (TPSA) is 78.3 Å². The van der Waals surface area contributed by atoms with Gasteiger partial charge in [-0.2, -0.15) is 5.10 Å². The Kier molecular flexibility index (Phi) is 4.75. The smallest absolute Gasteiger partial charge is 0.256 e. The van der Waals surface area contributed by atoms with Crippen LogP contribution in [0.15, 0.2) is 48.5 Å². The van der Waals surface area contributed by atoms with Crippen LogP contribution in [0.5, 0.6) is 11.5 Å². The van der Waals surface area contributed by atoms with Gasteiger partial charge in [0.1, 0.15) is 13.2 Å². The summed E-state index contributed by atoms with van der Waals surface area (Å²) in [6.07, 6.45) is 0. The van der Waals surface area contributed by atoms with Gasteiger partial charge in [-0.05, 0) is 13.0 Å². The molecule has 5 rings (SSSR count). The van der Waals surface area contributed by atoms with Crippen LogP contribution >= 0.6 is 11.6 Å². The molecule has 8 heteroatoms. The van der Waals surface area contributed by atoms with E-state index < -0.39 is 0 Å². The third-order valence-electron chi connectivity index (χ3n) is 5.16. The van der Waals surface area contributed by atoms with Gasteiger partial charge in [-0.25, -0.2) is 4.98 Å². The van der Waals surface area contributed by atoms with Crippen molar-refractivity contribution in [3.05, 3.63) is 64.8 Å². The lowest BCUT2D eigenvalue weighted by atomic mass is 10.0. The summed E-state index contributed by atoms with van der Waals surface area (Å²) in [4.78, 5) is 18.1. The predicted octanol–water partition coefficient (Wildman–Crippen LogP) is 4.62. The van der Waals surface area contributed by atoms with Gasteiger partial charge in [0.05, 0.1) is 33.0 Å². The molecule has 0 fully saturated rings. The number of rotatable bonds is 3. The molecule has 0 unspecified atom stereocenters. The van der Waals surface area contributed by atoms with Gasteiger partial charge in [0.2, 0.25) is 0 Å². The maximum atomic E-state index is 13.4. The number of aromatic nitrogens is 3. The van der Waals surface area contributed by atoms with Crippen LogP contribution in [0.1, 0.15) is 16.1 Å². The van der Waals surface area contributed by atoms with Crippen LogP contribution in [0.3, 0.4) is 0 Å². The standard InChI is InChI=1S/C23H19ClN4O3/c1-13-21-15(10-17(14-6-4-3-5-7-14)25-22(21)28(2)27-13)23(29)26-18-12-20-19(11-16(18)24)30-8-9-31-20/h3-7,10-12H,8-9H2,1-2H3,(H,26,29). The van der Waals surface area contributed by atoms with Crippen LogP contribution < -0.4 is 14.8 Å². The first-order chi connectivity index (χ1) is 15.0. The molecule has 0 radical (unpaired) electrons. The number of anilines is 1. The van der Waals surface area contributed by atoms with Crippen LogP contribution in [-0.4, -0.2) is 33.9 Å². The van der Waals surface area contributed by atoms with E-state index in [0.29, 0.717) is 57.7 Å². The summed E-state index contributed by atoms with van der Waals surface area (Å²) in [5, 5.41) is 8.45. The Morgan fingerprint density at radius 2 is 1.81 bits per heavy atom. The lowest BCUT2D eigenvalue weighted by Crippen LogP contribution is -2.17. The van der Waals surface area contributed by atoms with E-state index in [1.54, 1.807) is 22.9 Å². The molecule has 1 N–H and O–H groups in total. The lowest BCUT2D eigenvalue weighted by molar-refractivity contribution is 0.102. The summed E-state index contributed by atoms with van der Waals surface area (Å²) >= 11 is 6.39. The Hall–Kier alpha value is -3.58. The molecular formula is C23H19ClN4O3. The molecule has 7 nitrogen and oxygen atoms in total. The van der Waals surface area contributed by atoms with Crippen LogP contribution in [0, 0.1) is 6.92 Å². The van der Waals surface area contributed by atoms with Gasteiger partial charge < -0.3 is 14.8 Å². The normalized spacial score (nSPS) is 12.7. The average molecular weight is 435 g/mol. The van der Waals surface area contributed by atoms with Gasteiger partial charge in [0, 0.05) is 24.7 Å². The second-order valence-electron chi connectivity index (χ2n) is 7.26. The van der Waals surface area contributed by atoms with Gasteiger partial charge in [-0.3, -0.25) is 9.48 Å². The molecule has 0 saturated heterocycles. The number of nitrogens with one attached hydrogen (secondary N) is 1. The molecule has 0 saturated carbocycles. The van der Waals surface area contributed by atoms with E-state index >= 15 is 0 Å². The fraction of sp³-hybridized carbons (Fsp3) is 0.174. The molecule has 1 aliphatic rings. The quantitative estimate of drug-likeness (QED) is 0.509. The van der Waals surface area contributed by atoms with E-state index in [0.717, 1.165) is 11.3 Å². The Balaban J connectivity index is 1.60. The number of pyridine rings is 1. The van der Waals surface area contributed by atoms with E-state index in [1.165, 1.54) is 0 Å². The first kappa shape index (κ1) is 19.4. The number of benzene rings is 2. The molecule has 0 spiro atoms. The molecular weight excluding hydrogens is 416 g/mol. The van der Waals surface area contributed by atoms with E-state index in [1.807, 2.05) is 44.3 Å². The lowest BCUT2D eigenvalue weighted by Gasteiger charge is -2.20. The van der Waals surface area contributed by atoms with E-state index in [9.17, 15) is 4.79 Å². The van der Waals surface area contributed by atoms with E-state index in [4.69, 9.17) is 26.1 Å². The van der Waals surface area contributed by atoms with Gasteiger partial charge in [-0.1, -0.05) is 41.9 Å². The van der Waals surface area contributed by atoms with E-state index in [2.05, 4.69) is 10.4 Å². The summed E-state index contributed by atoms with van der Waals surface area (Å²) in [6.45, 7) is 2.77. The maximum absolute atomic E-state index is 13.4. The van der Waals surface area contributed by atoms with Crippen molar-refractivity contribution in [2.45, 2.75) is 6.92 Å². The highest BCUT2D eigenvalue weighted by atomic mass is 35.5. The zero-order valence-corrected chi connectivity index (χ0v) is 17.7. The highest BCUT2D eigenvalue weighted by molar-refractivity contribution is 6.34. The summed E-state index contributed by atoms with van der Waals surface area (Å²) in [6, 6.07) is 14.8. The minimum atomic E-state index is -0.306. The number of carbonyl (C=O) groups is 1. The summed E-state index contributed by atoms with van der Waals surface area (Å²) in [5.41, 5.74) is 3.88. The first-order valence-corrected chi connectivity index (χ1v) is 10.2. The van der Waals surface area contributed by atoms with Crippen molar-refractivity contribution in [1.29, 1.82) is 0 Å². The monoisotopic (exact) mass is 434 g/mol. The zero-order valence-electron chi connectivity index (χ0n) is 17.0. The molecule has 1 amide bonds. The third-order valence-corrected chi connectivity index (χ3v) is 5.48. The average Bonchev–Trinajstić information content (AvgIpc) is 3.07. The van der Waals surface area contributed by atoms with Crippen LogP contribution in [0.4, 0.5) is 5.69 Å². The second-order valence-corrected chi connectivity index (χ2v) is 7.67.